The maximum atomic E-state index is 12.5. The Kier molecular flexibility index (Phi) is 6.35. The minimum absolute atomic E-state index is 0.0653. The van der Waals surface area contributed by atoms with Crippen LogP contribution in [0.4, 0.5) is 10.5 Å². The molecule has 0 saturated carbocycles. The minimum atomic E-state index is -0.163. The Labute approximate surface area is 161 Å². The van der Waals surface area contributed by atoms with E-state index >= 15 is 0 Å². The molecule has 1 aliphatic carbocycles. The van der Waals surface area contributed by atoms with Gasteiger partial charge in [-0.1, -0.05) is 24.3 Å². The first-order valence-corrected chi connectivity index (χ1v) is 9.54. The highest BCUT2D eigenvalue weighted by atomic mass is 16.5. The summed E-state index contributed by atoms with van der Waals surface area (Å²) in [5.74, 6) is 0.819. The molecule has 0 aliphatic heterocycles. The van der Waals surface area contributed by atoms with Crippen LogP contribution in [0.5, 0.6) is 5.75 Å². The number of hydrogen-bond donors (Lipinski definition) is 2. The predicted octanol–water partition coefficient (Wildman–Crippen LogP) is 4.00. The summed E-state index contributed by atoms with van der Waals surface area (Å²) in [6, 6.07) is 14.1. The van der Waals surface area contributed by atoms with Crippen molar-refractivity contribution in [1.29, 1.82) is 0 Å². The van der Waals surface area contributed by atoms with Crippen LogP contribution < -0.4 is 15.4 Å². The molecule has 0 bridgehead atoms. The van der Waals surface area contributed by atoms with Crippen LogP contribution in [0.3, 0.4) is 0 Å². The van der Waals surface area contributed by atoms with Crippen molar-refractivity contribution >= 4 is 11.7 Å². The van der Waals surface area contributed by atoms with Gasteiger partial charge in [0.2, 0.25) is 0 Å². The van der Waals surface area contributed by atoms with E-state index in [4.69, 9.17) is 4.74 Å². The topological polar surface area (TPSA) is 53.6 Å². The third kappa shape index (κ3) is 4.80. The second-order valence-corrected chi connectivity index (χ2v) is 7.24. The third-order valence-corrected chi connectivity index (χ3v) is 5.20. The molecule has 2 aromatic carbocycles. The van der Waals surface area contributed by atoms with E-state index in [2.05, 4.69) is 27.7 Å². The van der Waals surface area contributed by atoms with Crippen molar-refractivity contribution in [2.75, 3.05) is 33.1 Å². The fourth-order valence-electron chi connectivity index (χ4n) is 3.70. The van der Waals surface area contributed by atoms with Gasteiger partial charge in [-0.25, -0.2) is 4.79 Å². The number of urea groups is 1. The number of nitrogens with zero attached hydrogens (tertiary/aromatic N) is 1. The van der Waals surface area contributed by atoms with Crippen LogP contribution in [0.1, 0.15) is 35.6 Å². The highest BCUT2D eigenvalue weighted by molar-refractivity contribution is 5.90. The second-order valence-electron chi connectivity index (χ2n) is 7.24. The number of fused-ring (bicyclic) bond motifs is 1. The zero-order valence-corrected chi connectivity index (χ0v) is 16.4. The number of likely N-dealkylation sites (N-methyl/N-ethyl adjacent to an activating group) is 1. The minimum Gasteiger partial charge on any atom is -0.497 e. The van der Waals surface area contributed by atoms with Gasteiger partial charge in [0, 0.05) is 12.2 Å². The molecule has 3 rings (SSSR count). The molecule has 1 unspecified atom stereocenters. The lowest BCUT2D eigenvalue weighted by Crippen LogP contribution is -2.37. The SMILES string of the molecule is COc1cccc(C(CNC(=O)Nc2cccc3c2CCCC3)N(C)C)c1. The Hall–Kier alpha value is -2.53. The molecular formula is C22H29N3O2. The first-order chi connectivity index (χ1) is 13.1. The Morgan fingerprint density at radius 3 is 2.70 bits per heavy atom. The third-order valence-electron chi connectivity index (χ3n) is 5.20. The zero-order chi connectivity index (χ0) is 19.2. The lowest BCUT2D eigenvalue weighted by atomic mass is 9.90. The van der Waals surface area contributed by atoms with Crippen molar-refractivity contribution in [2.45, 2.75) is 31.7 Å². The Morgan fingerprint density at radius 1 is 1.15 bits per heavy atom. The molecule has 0 aromatic heterocycles. The highest BCUT2D eigenvalue weighted by Gasteiger charge is 2.18. The first-order valence-electron chi connectivity index (χ1n) is 9.54. The monoisotopic (exact) mass is 367 g/mol. The molecule has 5 nitrogen and oxygen atoms in total. The summed E-state index contributed by atoms with van der Waals surface area (Å²) in [4.78, 5) is 14.6. The van der Waals surface area contributed by atoms with Crippen LogP contribution >= 0.6 is 0 Å². The van der Waals surface area contributed by atoms with Gasteiger partial charge in [0.1, 0.15) is 5.75 Å². The van der Waals surface area contributed by atoms with Gasteiger partial charge >= 0.3 is 6.03 Å². The number of carbonyl (C=O) groups is 1. The van der Waals surface area contributed by atoms with Crippen molar-refractivity contribution in [3.05, 3.63) is 59.2 Å². The first kappa shape index (κ1) is 19.2. The van der Waals surface area contributed by atoms with Gasteiger partial charge in [0.25, 0.3) is 0 Å². The summed E-state index contributed by atoms with van der Waals surface area (Å²) in [5, 5.41) is 6.07. The van der Waals surface area contributed by atoms with E-state index in [9.17, 15) is 4.79 Å². The van der Waals surface area contributed by atoms with Crippen LogP contribution in [0.25, 0.3) is 0 Å². The fraction of sp³-hybridized carbons (Fsp3) is 0.409. The quantitative estimate of drug-likeness (QED) is 0.811. The van der Waals surface area contributed by atoms with E-state index < -0.39 is 0 Å². The van der Waals surface area contributed by atoms with Gasteiger partial charge in [-0.05, 0) is 74.7 Å². The molecule has 144 valence electrons. The molecule has 2 aromatic rings. The number of amides is 2. The predicted molar refractivity (Wildman–Crippen MR) is 110 cm³/mol. The van der Waals surface area contributed by atoms with Crippen LogP contribution in [-0.4, -0.2) is 38.7 Å². The highest BCUT2D eigenvalue weighted by Crippen LogP contribution is 2.28. The number of rotatable bonds is 6. The lowest BCUT2D eigenvalue weighted by molar-refractivity contribution is 0.243. The van der Waals surface area contributed by atoms with Gasteiger partial charge in [0.15, 0.2) is 0 Å². The van der Waals surface area contributed by atoms with Crippen LogP contribution in [0, 0.1) is 0 Å². The molecule has 0 radical (unpaired) electrons. The van der Waals surface area contributed by atoms with E-state index in [1.807, 2.05) is 44.4 Å². The molecule has 5 heteroatoms. The molecule has 0 fully saturated rings. The molecule has 0 spiro atoms. The summed E-state index contributed by atoms with van der Waals surface area (Å²) in [6.07, 6.45) is 4.56. The van der Waals surface area contributed by atoms with Crippen molar-refractivity contribution in [1.82, 2.24) is 10.2 Å². The van der Waals surface area contributed by atoms with Crippen molar-refractivity contribution < 1.29 is 9.53 Å². The van der Waals surface area contributed by atoms with Crippen LogP contribution in [0.15, 0.2) is 42.5 Å². The number of hydrogen-bond acceptors (Lipinski definition) is 3. The van der Waals surface area contributed by atoms with E-state index in [0.717, 1.165) is 29.8 Å². The molecular weight excluding hydrogens is 338 g/mol. The lowest BCUT2D eigenvalue weighted by Gasteiger charge is -2.26. The summed E-state index contributed by atoms with van der Waals surface area (Å²) in [5.41, 5.74) is 4.70. The van der Waals surface area contributed by atoms with Gasteiger partial charge in [0.05, 0.1) is 13.2 Å². The number of ether oxygens (including phenoxy) is 1. The van der Waals surface area contributed by atoms with Crippen molar-refractivity contribution in [3.63, 3.8) is 0 Å². The van der Waals surface area contributed by atoms with Gasteiger partial charge in [-0.15, -0.1) is 0 Å². The summed E-state index contributed by atoms with van der Waals surface area (Å²) in [7, 11) is 5.69. The smallest absolute Gasteiger partial charge is 0.319 e. The largest absolute Gasteiger partial charge is 0.497 e. The normalized spacial score (nSPS) is 14.4. The number of aryl methyl sites for hydroxylation is 1. The number of carbonyl (C=O) groups excluding carboxylic acids is 1. The summed E-state index contributed by atoms with van der Waals surface area (Å²) in [6.45, 7) is 0.515. The summed E-state index contributed by atoms with van der Waals surface area (Å²) < 4.78 is 5.32. The van der Waals surface area contributed by atoms with Gasteiger partial charge in [-0.3, -0.25) is 0 Å². The van der Waals surface area contributed by atoms with Crippen molar-refractivity contribution in [3.8, 4) is 5.75 Å². The van der Waals surface area contributed by atoms with Gasteiger partial charge in [-0.2, -0.15) is 0 Å². The zero-order valence-electron chi connectivity index (χ0n) is 16.4. The summed E-state index contributed by atoms with van der Waals surface area (Å²) >= 11 is 0. The molecule has 2 amide bonds. The average molecular weight is 367 g/mol. The Morgan fingerprint density at radius 2 is 1.93 bits per heavy atom. The van der Waals surface area contributed by atoms with E-state index in [0.29, 0.717) is 6.54 Å². The maximum Gasteiger partial charge on any atom is 0.319 e. The Balaban J connectivity index is 1.65. The van der Waals surface area contributed by atoms with E-state index in [1.54, 1.807) is 7.11 Å². The maximum absolute atomic E-state index is 12.5. The standard InChI is InChI=1S/C22H29N3O2/c1-25(2)21(17-10-6-11-18(14-17)27-3)15-23-22(26)24-20-13-7-9-16-8-4-5-12-19(16)20/h6-7,9-11,13-14,21H,4-5,8,12,15H2,1-3H3,(H2,23,24,26). The second kappa shape index (κ2) is 8.91. The molecule has 2 N–H and O–H groups in total. The molecule has 0 heterocycles. The van der Waals surface area contributed by atoms with Crippen molar-refractivity contribution in [2.24, 2.45) is 0 Å². The fourth-order valence-corrected chi connectivity index (χ4v) is 3.70. The van der Waals surface area contributed by atoms with Crippen LogP contribution in [0.2, 0.25) is 0 Å². The number of anilines is 1. The number of methoxy groups -OCH3 is 1. The number of benzene rings is 2. The van der Waals surface area contributed by atoms with Gasteiger partial charge < -0.3 is 20.3 Å². The number of nitrogens with one attached hydrogen (secondary N) is 2. The molecule has 27 heavy (non-hydrogen) atoms. The van der Waals surface area contributed by atoms with Crippen LogP contribution in [-0.2, 0) is 12.8 Å². The molecule has 1 aliphatic rings. The molecule has 0 saturated heterocycles. The average Bonchev–Trinajstić information content (AvgIpc) is 2.68. The Bertz CT molecular complexity index is 789. The van der Waals surface area contributed by atoms with E-state index in [-0.39, 0.29) is 12.1 Å². The molecule has 1 atom stereocenters. The van der Waals surface area contributed by atoms with E-state index in [1.165, 1.54) is 24.0 Å².